The molecule has 1 fully saturated rings. The van der Waals surface area contributed by atoms with Gasteiger partial charge in [-0.15, -0.1) is 13.2 Å². The molecule has 30 heavy (non-hydrogen) atoms. The molecular formula is C21H20F3N3O3. The largest absolute Gasteiger partial charge is 0.573 e. The number of halogens is 3. The molecule has 1 saturated heterocycles. The molecule has 1 aromatic heterocycles. The number of anilines is 2. The molecule has 158 valence electrons. The molecule has 1 aliphatic heterocycles. The Bertz CT molecular complexity index is 950. The number of aromatic nitrogens is 1. The summed E-state index contributed by atoms with van der Waals surface area (Å²) in [5.41, 5.74) is 1.21. The van der Waals surface area contributed by atoms with Crippen molar-refractivity contribution in [3.8, 4) is 5.75 Å². The first kappa shape index (κ1) is 21.4. The number of ketones is 1. The number of nitrogens with one attached hydrogen (secondary N) is 1. The second-order valence-corrected chi connectivity index (χ2v) is 6.80. The Kier molecular flexibility index (Phi) is 6.39. The first-order valence-electron chi connectivity index (χ1n) is 9.32. The molecule has 1 aliphatic rings. The van der Waals surface area contributed by atoms with Crippen molar-refractivity contribution in [2.45, 2.75) is 26.1 Å². The van der Waals surface area contributed by atoms with Crippen LogP contribution in [0.2, 0.25) is 0 Å². The second-order valence-electron chi connectivity index (χ2n) is 6.80. The molecule has 0 aliphatic carbocycles. The predicted octanol–water partition coefficient (Wildman–Crippen LogP) is 4.43. The van der Waals surface area contributed by atoms with Gasteiger partial charge in [0.1, 0.15) is 11.6 Å². The van der Waals surface area contributed by atoms with E-state index in [9.17, 15) is 22.8 Å². The average Bonchev–Trinajstić information content (AvgIpc) is 3.21. The summed E-state index contributed by atoms with van der Waals surface area (Å²) in [5.74, 6) is -0.278. The van der Waals surface area contributed by atoms with Gasteiger partial charge in [0.05, 0.1) is 5.56 Å². The second kappa shape index (κ2) is 8.98. The maximum absolute atomic E-state index is 12.6. The van der Waals surface area contributed by atoms with Crippen molar-refractivity contribution in [1.29, 1.82) is 0 Å². The van der Waals surface area contributed by atoms with E-state index in [4.69, 9.17) is 0 Å². The van der Waals surface area contributed by atoms with Crippen LogP contribution in [0.1, 0.15) is 35.7 Å². The van der Waals surface area contributed by atoms with Crippen LogP contribution in [0.4, 0.5) is 24.7 Å². The zero-order valence-electron chi connectivity index (χ0n) is 16.2. The van der Waals surface area contributed by atoms with Crippen molar-refractivity contribution in [3.63, 3.8) is 0 Å². The van der Waals surface area contributed by atoms with Crippen molar-refractivity contribution >= 4 is 29.3 Å². The lowest BCUT2D eigenvalue weighted by Crippen LogP contribution is -2.21. The average molecular weight is 419 g/mol. The van der Waals surface area contributed by atoms with E-state index in [0.29, 0.717) is 17.1 Å². The molecule has 0 atom stereocenters. The van der Waals surface area contributed by atoms with Gasteiger partial charge in [-0.1, -0.05) is 0 Å². The van der Waals surface area contributed by atoms with Crippen LogP contribution in [0, 0.1) is 0 Å². The van der Waals surface area contributed by atoms with Gasteiger partial charge in [0.25, 0.3) is 5.91 Å². The molecule has 3 rings (SSSR count). The number of benzene rings is 1. The van der Waals surface area contributed by atoms with Gasteiger partial charge in [0.15, 0.2) is 5.78 Å². The maximum Gasteiger partial charge on any atom is 0.573 e. The Labute approximate surface area is 171 Å². The van der Waals surface area contributed by atoms with Crippen LogP contribution in [0.5, 0.6) is 5.75 Å². The zero-order valence-corrected chi connectivity index (χ0v) is 16.2. The van der Waals surface area contributed by atoms with E-state index in [1.807, 2.05) is 0 Å². The molecule has 2 heterocycles. The van der Waals surface area contributed by atoms with Crippen LogP contribution in [0.3, 0.4) is 0 Å². The fourth-order valence-corrected chi connectivity index (χ4v) is 3.06. The van der Waals surface area contributed by atoms with E-state index in [1.165, 1.54) is 31.3 Å². The van der Waals surface area contributed by atoms with E-state index in [0.717, 1.165) is 38.1 Å². The maximum atomic E-state index is 12.6. The summed E-state index contributed by atoms with van der Waals surface area (Å²) in [6.45, 7) is 3.14. The van der Waals surface area contributed by atoms with Crippen molar-refractivity contribution in [2.75, 3.05) is 23.3 Å². The highest BCUT2D eigenvalue weighted by atomic mass is 19.4. The molecule has 1 N–H and O–H groups in total. The number of hydrogen-bond donors (Lipinski definition) is 1. The van der Waals surface area contributed by atoms with Crippen LogP contribution in [-0.4, -0.2) is 36.1 Å². The van der Waals surface area contributed by atoms with Crippen LogP contribution in [-0.2, 0) is 4.79 Å². The number of alkyl halides is 3. The van der Waals surface area contributed by atoms with Crippen LogP contribution >= 0.6 is 0 Å². The lowest BCUT2D eigenvalue weighted by molar-refractivity contribution is -0.274. The van der Waals surface area contributed by atoms with Gasteiger partial charge in [-0.3, -0.25) is 9.59 Å². The summed E-state index contributed by atoms with van der Waals surface area (Å²) in [7, 11) is 0. The molecular weight excluding hydrogens is 399 g/mol. The highest BCUT2D eigenvalue weighted by Crippen LogP contribution is 2.26. The van der Waals surface area contributed by atoms with Crippen molar-refractivity contribution < 1.29 is 27.5 Å². The number of hydrogen-bond acceptors (Lipinski definition) is 5. The SMILES string of the molecule is CC(=O)C=Cc1cc(C(=O)Nc2ccc(OC(F)(F)F)cc2)cnc1N1CCCC1. The summed E-state index contributed by atoms with van der Waals surface area (Å²) in [6, 6.07) is 6.47. The molecule has 0 spiro atoms. The van der Waals surface area contributed by atoms with Gasteiger partial charge in [-0.2, -0.15) is 0 Å². The van der Waals surface area contributed by atoms with Gasteiger partial charge in [-0.25, -0.2) is 4.98 Å². The number of allylic oxidation sites excluding steroid dienone is 1. The highest BCUT2D eigenvalue weighted by molar-refractivity contribution is 6.05. The summed E-state index contributed by atoms with van der Waals surface area (Å²) in [5, 5.41) is 2.61. The lowest BCUT2D eigenvalue weighted by atomic mass is 10.1. The number of nitrogens with zero attached hydrogens (tertiary/aromatic N) is 2. The predicted molar refractivity (Wildman–Crippen MR) is 106 cm³/mol. The van der Waals surface area contributed by atoms with Crippen LogP contribution in [0.25, 0.3) is 6.08 Å². The summed E-state index contributed by atoms with van der Waals surface area (Å²) in [4.78, 5) is 30.4. The van der Waals surface area contributed by atoms with E-state index in [1.54, 1.807) is 12.1 Å². The van der Waals surface area contributed by atoms with E-state index >= 15 is 0 Å². The molecule has 0 bridgehead atoms. The fourth-order valence-electron chi connectivity index (χ4n) is 3.06. The number of carbonyl (C=O) groups excluding carboxylic acids is 2. The van der Waals surface area contributed by atoms with Gasteiger partial charge >= 0.3 is 6.36 Å². The van der Waals surface area contributed by atoms with Gasteiger partial charge in [-0.05, 0) is 62.2 Å². The van der Waals surface area contributed by atoms with Crippen molar-refractivity contribution in [1.82, 2.24) is 4.98 Å². The summed E-state index contributed by atoms with van der Waals surface area (Å²) < 4.78 is 40.5. The van der Waals surface area contributed by atoms with E-state index in [2.05, 4.69) is 19.9 Å². The number of rotatable bonds is 6. The quantitative estimate of drug-likeness (QED) is 0.702. The van der Waals surface area contributed by atoms with Gasteiger partial charge in [0, 0.05) is 30.5 Å². The molecule has 0 radical (unpaired) electrons. The third kappa shape index (κ3) is 5.82. The minimum atomic E-state index is -4.78. The molecule has 0 saturated carbocycles. The molecule has 1 aromatic carbocycles. The fraction of sp³-hybridized carbons (Fsp3) is 0.286. The Morgan fingerprint density at radius 2 is 1.83 bits per heavy atom. The third-order valence-corrected chi connectivity index (χ3v) is 4.41. The minimum Gasteiger partial charge on any atom is -0.406 e. The van der Waals surface area contributed by atoms with E-state index in [-0.39, 0.29) is 17.1 Å². The topological polar surface area (TPSA) is 71.5 Å². The monoisotopic (exact) mass is 419 g/mol. The molecule has 2 aromatic rings. The molecule has 0 unspecified atom stereocenters. The first-order valence-corrected chi connectivity index (χ1v) is 9.32. The minimum absolute atomic E-state index is 0.126. The summed E-state index contributed by atoms with van der Waals surface area (Å²) in [6.07, 6.45) is 1.80. The van der Waals surface area contributed by atoms with Crippen LogP contribution < -0.4 is 15.0 Å². The molecule has 1 amide bonds. The Balaban J connectivity index is 1.78. The number of carbonyl (C=O) groups is 2. The third-order valence-electron chi connectivity index (χ3n) is 4.41. The van der Waals surface area contributed by atoms with Crippen molar-refractivity contribution in [3.05, 3.63) is 53.7 Å². The Morgan fingerprint density at radius 3 is 2.43 bits per heavy atom. The number of ether oxygens (including phenoxy) is 1. The van der Waals surface area contributed by atoms with Crippen LogP contribution in [0.15, 0.2) is 42.6 Å². The first-order chi connectivity index (χ1) is 14.2. The van der Waals surface area contributed by atoms with Gasteiger partial charge < -0.3 is 15.0 Å². The van der Waals surface area contributed by atoms with E-state index < -0.39 is 12.3 Å². The highest BCUT2D eigenvalue weighted by Gasteiger charge is 2.31. The molecule has 6 nitrogen and oxygen atoms in total. The standard InChI is InChI=1S/C21H20F3N3O3/c1-14(28)4-5-15-12-16(13-25-19(15)27-10-2-3-11-27)20(29)26-17-6-8-18(9-7-17)30-21(22,23)24/h4-9,12-13H,2-3,10-11H2,1H3,(H,26,29). The number of amides is 1. The smallest absolute Gasteiger partial charge is 0.406 e. The normalized spacial score (nSPS) is 14.2. The zero-order chi connectivity index (χ0) is 21.7. The summed E-state index contributed by atoms with van der Waals surface area (Å²) >= 11 is 0. The number of pyridine rings is 1. The molecule has 9 heteroatoms. The lowest BCUT2D eigenvalue weighted by Gasteiger charge is -2.19. The van der Waals surface area contributed by atoms with Crippen molar-refractivity contribution in [2.24, 2.45) is 0 Å². The van der Waals surface area contributed by atoms with Gasteiger partial charge in [0.2, 0.25) is 0 Å². The Hall–Kier alpha value is -3.36. The Morgan fingerprint density at radius 1 is 1.17 bits per heavy atom.